The average molecular weight is 499 g/mol. The van der Waals surface area contributed by atoms with Gasteiger partial charge in [-0.3, -0.25) is 34.6 Å². The number of hydrogen-bond acceptors (Lipinski definition) is 7. The van der Waals surface area contributed by atoms with Crippen LogP contribution in [0.4, 0.5) is 11.4 Å². The Kier molecular flexibility index (Phi) is 6.35. The predicted octanol–water partition coefficient (Wildman–Crippen LogP) is 4.06. The minimum Gasteiger partial charge on any atom is -0.272 e. The van der Waals surface area contributed by atoms with Gasteiger partial charge in [-0.2, -0.15) is 5.01 Å². The van der Waals surface area contributed by atoms with Crippen LogP contribution in [-0.2, 0) is 16.1 Å². The number of nitro groups is 2. The second-order valence-corrected chi connectivity index (χ2v) is 8.80. The summed E-state index contributed by atoms with van der Waals surface area (Å²) in [4.78, 5) is 62.0. The molecular formula is C23H19ClN4O7. The molecule has 0 N–H and O–H groups in total. The van der Waals surface area contributed by atoms with E-state index < -0.39 is 57.3 Å². The molecule has 4 rings (SSSR count). The van der Waals surface area contributed by atoms with Gasteiger partial charge in [0.2, 0.25) is 0 Å². The number of nitro benzene ring substituents is 2. The molecule has 180 valence electrons. The third-order valence-electron chi connectivity index (χ3n) is 6.17. The second-order valence-electron chi connectivity index (χ2n) is 8.36. The van der Waals surface area contributed by atoms with Gasteiger partial charge in [-0.05, 0) is 38.0 Å². The van der Waals surface area contributed by atoms with Crippen molar-refractivity contribution < 1.29 is 24.2 Å². The van der Waals surface area contributed by atoms with Gasteiger partial charge in [-0.25, -0.2) is 5.01 Å². The van der Waals surface area contributed by atoms with E-state index in [9.17, 15) is 34.6 Å². The fourth-order valence-corrected chi connectivity index (χ4v) is 4.61. The summed E-state index contributed by atoms with van der Waals surface area (Å²) < 4.78 is 0. The zero-order chi connectivity index (χ0) is 25.4. The molecule has 0 saturated carbocycles. The van der Waals surface area contributed by atoms with Gasteiger partial charge >= 0.3 is 0 Å². The first kappa shape index (κ1) is 24.0. The summed E-state index contributed by atoms with van der Waals surface area (Å²) in [6.45, 7) is 1.28. The van der Waals surface area contributed by atoms with Gasteiger partial charge in [-0.15, -0.1) is 0 Å². The Labute approximate surface area is 203 Å². The molecule has 2 aliphatic rings. The minimum atomic E-state index is -1.01. The van der Waals surface area contributed by atoms with E-state index in [1.165, 1.54) is 30.3 Å². The van der Waals surface area contributed by atoms with Crippen molar-refractivity contribution in [1.29, 1.82) is 0 Å². The number of nitrogens with zero attached hydrogens (tertiary/aromatic N) is 4. The topological polar surface area (TPSA) is 144 Å². The van der Waals surface area contributed by atoms with Crippen LogP contribution in [0.15, 0.2) is 54.1 Å². The van der Waals surface area contributed by atoms with Crippen LogP contribution in [0.3, 0.4) is 0 Å². The van der Waals surface area contributed by atoms with Gasteiger partial charge in [-0.1, -0.05) is 35.4 Å². The lowest BCUT2D eigenvalue weighted by Gasteiger charge is -2.30. The SMILES string of the molecule is CC1=CC[C@@H]2C(=O)N(N(Cc3ccc(Cl)cc3[N+](=O)[O-])C(=O)c3ccccc3[N+](=O)[O-])C(=O)[C@@H]2C1. The number of amides is 3. The molecule has 11 nitrogen and oxygen atoms in total. The molecule has 1 aliphatic heterocycles. The smallest absolute Gasteiger partial charge is 0.272 e. The first-order valence-electron chi connectivity index (χ1n) is 10.6. The zero-order valence-corrected chi connectivity index (χ0v) is 19.2. The number of imide groups is 1. The van der Waals surface area contributed by atoms with Gasteiger partial charge in [0.15, 0.2) is 0 Å². The molecule has 3 amide bonds. The summed E-state index contributed by atoms with van der Waals surface area (Å²) in [6, 6.07) is 8.87. The summed E-state index contributed by atoms with van der Waals surface area (Å²) in [5.41, 5.74) is -0.386. The lowest BCUT2D eigenvalue weighted by molar-refractivity contribution is -0.385. The first-order valence-corrected chi connectivity index (χ1v) is 11.0. The normalized spacial score (nSPS) is 19.3. The molecule has 1 aliphatic carbocycles. The van der Waals surface area contributed by atoms with Crippen molar-refractivity contribution in [3.8, 4) is 0 Å². The average Bonchev–Trinajstić information content (AvgIpc) is 3.06. The van der Waals surface area contributed by atoms with Crippen LogP contribution in [-0.4, -0.2) is 37.6 Å². The molecule has 2 aromatic carbocycles. The molecule has 2 aromatic rings. The quantitative estimate of drug-likeness (QED) is 0.253. The van der Waals surface area contributed by atoms with Crippen molar-refractivity contribution in [3.05, 3.63) is 90.5 Å². The van der Waals surface area contributed by atoms with Crippen LogP contribution in [0.5, 0.6) is 0 Å². The maximum atomic E-state index is 13.6. The monoisotopic (exact) mass is 498 g/mol. The van der Waals surface area contributed by atoms with E-state index in [0.29, 0.717) is 17.9 Å². The summed E-state index contributed by atoms with van der Waals surface area (Å²) in [5, 5.41) is 24.7. The number of halogens is 1. The van der Waals surface area contributed by atoms with Crippen molar-refractivity contribution in [2.45, 2.75) is 26.3 Å². The maximum absolute atomic E-state index is 13.6. The van der Waals surface area contributed by atoms with E-state index in [-0.39, 0.29) is 16.1 Å². The van der Waals surface area contributed by atoms with Gasteiger partial charge in [0.25, 0.3) is 29.1 Å². The van der Waals surface area contributed by atoms with Crippen LogP contribution in [0.1, 0.15) is 35.7 Å². The summed E-state index contributed by atoms with van der Waals surface area (Å²) in [6.07, 6.45) is 2.50. The van der Waals surface area contributed by atoms with E-state index in [1.807, 2.05) is 13.0 Å². The number of hydrogen-bond donors (Lipinski definition) is 0. The Morgan fingerprint density at radius 3 is 2.40 bits per heavy atom. The van der Waals surface area contributed by atoms with Crippen molar-refractivity contribution >= 4 is 40.7 Å². The highest BCUT2D eigenvalue weighted by Gasteiger charge is 2.52. The van der Waals surface area contributed by atoms with Gasteiger partial charge in [0.1, 0.15) is 5.56 Å². The van der Waals surface area contributed by atoms with E-state index in [1.54, 1.807) is 0 Å². The molecule has 0 unspecified atom stereocenters. The maximum Gasteiger partial charge on any atom is 0.282 e. The van der Waals surface area contributed by atoms with Crippen LogP contribution in [0.25, 0.3) is 0 Å². The molecule has 1 heterocycles. The third-order valence-corrected chi connectivity index (χ3v) is 6.41. The highest BCUT2D eigenvalue weighted by atomic mass is 35.5. The van der Waals surface area contributed by atoms with Crippen molar-refractivity contribution in [2.75, 3.05) is 0 Å². The number of para-hydroxylation sites is 1. The predicted molar refractivity (Wildman–Crippen MR) is 123 cm³/mol. The van der Waals surface area contributed by atoms with E-state index >= 15 is 0 Å². The van der Waals surface area contributed by atoms with Crippen LogP contribution >= 0.6 is 11.6 Å². The largest absolute Gasteiger partial charge is 0.282 e. The van der Waals surface area contributed by atoms with Crippen LogP contribution < -0.4 is 0 Å². The van der Waals surface area contributed by atoms with Crippen molar-refractivity contribution in [1.82, 2.24) is 10.0 Å². The molecule has 0 bridgehead atoms. The van der Waals surface area contributed by atoms with E-state index in [2.05, 4.69) is 0 Å². The van der Waals surface area contributed by atoms with Gasteiger partial charge in [0, 0.05) is 17.2 Å². The summed E-state index contributed by atoms with van der Waals surface area (Å²) in [5.74, 6) is -3.64. The molecular weight excluding hydrogens is 480 g/mol. The first-order chi connectivity index (χ1) is 16.6. The molecule has 1 saturated heterocycles. The number of benzene rings is 2. The molecule has 2 atom stereocenters. The number of allylic oxidation sites excluding steroid dienone is 2. The number of fused-ring (bicyclic) bond motifs is 1. The van der Waals surface area contributed by atoms with Crippen LogP contribution in [0.2, 0.25) is 5.02 Å². The summed E-state index contributed by atoms with van der Waals surface area (Å²) in [7, 11) is 0. The van der Waals surface area contributed by atoms with Gasteiger partial charge in [0.05, 0.1) is 33.8 Å². The second kappa shape index (κ2) is 9.26. The fraction of sp³-hybridized carbons (Fsp3) is 0.261. The van der Waals surface area contributed by atoms with Crippen LogP contribution in [0, 0.1) is 32.1 Å². The lowest BCUT2D eigenvalue weighted by atomic mass is 9.82. The molecule has 0 aromatic heterocycles. The molecule has 12 heteroatoms. The molecule has 1 fully saturated rings. The standard InChI is InChI=1S/C23H19ClN4O7/c1-13-6-9-16-18(10-13)23(31)26(22(16)30)25(12-14-7-8-15(24)11-20(14)28(34)35)21(29)17-4-2-3-5-19(17)27(32)33/h2-8,11,16,18H,9-10,12H2,1H3/t16-,18+/m0/s1. The fourth-order valence-electron chi connectivity index (χ4n) is 4.45. The molecule has 0 radical (unpaired) electrons. The van der Waals surface area contributed by atoms with E-state index in [4.69, 9.17) is 11.6 Å². The van der Waals surface area contributed by atoms with Gasteiger partial charge < -0.3 is 0 Å². The number of carbonyl (C=O) groups is 3. The Balaban J connectivity index is 1.82. The Morgan fingerprint density at radius 1 is 1.06 bits per heavy atom. The highest BCUT2D eigenvalue weighted by Crippen LogP contribution is 2.39. The summed E-state index contributed by atoms with van der Waals surface area (Å²) >= 11 is 5.90. The third kappa shape index (κ3) is 4.37. The molecule has 0 spiro atoms. The minimum absolute atomic E-state index is 0.00360. The number of rotatable bonds is 6. The highest BCUT2D eigenvalue weighted by molar-refractivity contribution is 6.30. The number of carbonyl (C=O) groups excluding carboxylic acids is 3. The molecule has 35 heavy (non-hydrogen) atoms. The number of hydrazine groups is 1. The Morgan fingerprint density at radius 2 is 1.71 bits per heavy atom. The Hall–Kier alpha value is -4.12. The van der Waals surface area contributed by atoms with E-state index in [0.717, 1.165) is 22.7 Å². The van der Waals surface area contributed by atoms with Crippen molar-refractivity contribution in [2.24, 2.45) is 11.8 Å². The Bertz CT molecular complexity index is 1310. The van der Waals surface area contributed by atoms with Crippen molar-refractivity contribution in [3.63, 3.8) is 0 Å². The zero-order valence-electron chi connectivity index (χ0n) is 18.4. The lowest BCUT2D eigenvalue weighted by Crippen LogP contribution is -2.50.